The lowest BCUT2D eigenvalue weighted by Crippen LogP contribution is -2.47. The van der Waals surface area contributed by atoms with E-state index in [1.807, 2.05) is 49.4 Å². The molecule has 0 saturated heterocycles. The number of hydrogen-bond acceptors (Lipinski definition) is 5. The van der Waals surface area contributed by atoms with Gasteiger partial charge in [-0.2, -0.15) is 5.10 Å². The third kappa shape index (κ3) is 2.91. The Kier molecular flexibility index (Phi) is 4.39. The van der Waals surface area contributed by atoms with Crippen LogP contribution in [-0.4, -0.2) is 23.4 Å². The van der Waals surface area contributed by atoms with Crippen molar-refractivity contribution < 1.29 is 9.59 Å². The molecule has 122 valence electrons. The van der Waals surface area contributed by atoms with Crippen LogP contribution in [0.3, 0.4) is 0 Å². The average molecular weight is 322 g/mol. The van der Waals surface area contributed by atoms with Gasteiger partial charge in [-0.15, -0.1) is 0 Å². The summed E-state index contributed by atoms with van der Waals surface area (Å²) in [7, 11) is 0. The fraction of sp³-hybridized carbons (Fsp3) is 0.167. The minimum Gasteiger partial charge on any atom is -0.296 e. The summed E-state index contributed by atoms with van der Waals surface area (Å²) in [5.41, 5.74) is 7.61. The van der Waals surface area contributed by atoms with E-state index in [1.165, 1.54) is 0 Å². The lowest BCUT2D eigenvalue weighted by molar-refractivity contribution is -0.123. The van der Waals surface area contributed by atoms with Crippen LogP contribution in [0.25, 0.3) is 0 Å². The van der Waals surface area contributed by atoms with Crippen molar-refractivity contribution in [2.75, 3.05) is 0 Å². The SMILES string of the molecule is Cc1ccc(C(=O)C2=NNC(C(=O)NN)C2c2ccccc2)cc1. The van der Waals surface area contributed by atoms with E-state index < -0.39 is 17.9 Å². The van der Waals surface area contributed by atoms with Crippen molar-refractivity contribution in [1.82, 2.24) is 10.9 Å². The molecule has 2 unspecified atom stereocenters. The topological polar surface area (TPSA) is 96.6 Å². The summed E-state index contributed by atoms with van der Waals surface area (Å²) >= 11 is 0. The van der Waals surface area contributed by atoms with Gasteiger partial charge < -0.3 is 0 Å². The second-order valence-corrected chi connectivity index (χ2v) is 5.70. The zero-order valence-corrected chi connectivity index (χ0v) is 13.2. The molecule has 1 aliphatic heterocycles. The first kappa shape index (κ1) is 15.9. The summed E-state index contributed by atoms with van der Waals surface area (Å²) in [5, 5.41) is 4.14. The Morgan fingerprint density at radius 1 is 1.08 bits per heavy atom. The number of aryl methyl sites for hydroxylation is 1. The van der Waals surface area contributed by atoms with Gasteiger partial charge >= 0.3 is 0 Å². The largest absolute Gasteiger partial charge is 0.296 e. The van der Waals surface area contributed by atoms with E-state index in [2.05, 4.69) is 16.0 Å². The van der Waals surface area contributed by atoms with E-state index >= 15 is 0 Å². The number of Topliss-reactive ketones (excluding diaryl/α,β-unsaturated/α-hetero) is 1. The van der Waals surface area contributed by atoms with E-state index in [1.54, 1.807) is 12.1 Å². The number of hydrazine groups is 1. The van der Waals surface area contributed by atoms with E-state index in [-0.39, 0.29) is 5.78 Å². The number of ketones is 1. The van der Waals surface area contributed by atoms with Crippen molar-refractivity contribution >= 4 is 17.4 Å². The Morgan fingerprint density at radius 2 is 1.75 bits per heavy atom. The third-order valence-electron chi connectivity index (χ3n) is 4.08. The van der Waals surface area contributed by atoms with Gasteiger partial charge in [0.05, 0.1) is 5.92 Å². The lowest BCUT2D eigenvalue weighted by Gasteiger charge is -2.19. The summed E-state index contributed by atoms with van der Waals surface area (Å²) in [4.78, 5) is 24.9. The number of nitrogens with two attached hydrogens (primary N) is 1. The molecule has 1 heterocycles. The maximum atomic E-state index is 12.9. The highest BCUT2D eigenvalue weighted by atomic mass is 16.2. The molecule has 0 fully saturated rings. The number of amides is 1. The minimum atomic E-state index is -0.721. The molecule has 0 spiro atoms. The molecule has 0 aliphatic carbocycles. The van der Waals surface area contributed by atoms with Gasteiger partial charge in [-0.25, -0.2) is 5.84 Å². The molecule has 3 rings (SSSR count). The summed E-state index contributed by atoms with van der Waals surface area (Å²) in [5.74, 6) is 4.15. The van der Waals surface area contributed by atoms with Crippen LogP contribution in [0.1, 0.15) is 27.4 Å². The average Bonchev–Trinajstić information content (AvgIpc) is 3.07. The summed E-state index contributed by atoms with van der Waals surface area (Å²) in [6.45, 7) is 1.96. The first-order valence-corrected chi connectivity index (χ1v) is 7.61. The van der Waals surface area contributed by atoms with Gasteiger partial charge in [0, 0.05) is 5.56 Å². The summed E-state index contributed by atoms with van der Waals surface area (Å²) in [6.07, 6.45) is 0. The highest BCUT2D eigenvalue weighted by molar-refractivity contribution is 6.48. The maximum absolute atomic E-state index is 12.9. The summed E-state index contributed by atoms with van der Waals surface area (Å²) in [6, 6.07) is 15.9. The van der Waals surface area contributed by atoms with Crippen molar-refractivity contribution in [3.63, 3.8) is 0 Å². The standard InChI is InChI=1S/C18H18N4O2/c1-11-7-9-13(10-8-11)17(23)15-14(12-5-3-2-4-6-12)16(22-21-15)18(24)20-19/h2-10,14,16,22H,19H2,1H3,(H,20,24). The van der Waals surface area contributed by atoms with Crippen molar-refractivity contribution in [3.05, 3.63) is 71.3 Å². The van der Waals surface area contributed by atoms with E-state index in [0.29, 0.717) is 11.3 Å². The number of hydrazone groups is 1. The Labute approximate surface area is 139 Å². The smallest absolute Gasteiger partial charge is 0.259 e. The van der Waals surface area contributed by atoms with E-state index in [0.717, 1.165) is 11.1 Å². The molecule has 4 N–H and O–H groups in total. The van der Waals surface area contributed by atoms with Crippen molar-refractivity contribution in [2.24, 2.45) is 10.9 Å². The molecule has 1 aliphatic rings. The van der Waals surface area contributed by atoms with Gasteiger partial charge in [0.2, 0.25) is 5.78 Å². The number of benzene rings is 2. The first-order valence-electron chi connectivity index (χ1n) is 7.61. The van der Waals surface area contributed by atoms with Crippen molar-refractivity contribution in [3.8, 4) is 0 Å². The van der Waals surface area contributed by atoms with Crippen LogP contribution in [0.4, 0.5) is 0 Å². The van der Waals surface area contributed by atoms with Gasteiger partial charge in [-0.1, -0.05) is 60.2 Å². The van der Waals surface area contributed by atoms with Gasteiger partial charge in [0.25, 0.3) is 5.91 Å². The van der Waals surface area contributed by atoms with Crippen LogP contribution < -0.4 is 16.7 Å². The van der Waals surface area contributed by atoms with Crippen LogP contribution in [0, 0.1) is 6.92 Å². The second kappa shape index (κ2) is 6.64. The molecule has 2 aromatic rings. The van der Waals surface area contributed by atoms with Crippen molar-refractivity contribution in [1.29, 1.82) is 0 Å². The number of nitrogens with one attached hydrogen (secondary N) is 2. The molecule has 1 amide bonds. The normalized spacial score (nSPS) is 19.3. The van der Waals surface area contributed by atoms with Gasteiger partial charge in [0.15, 0.2) is 0 Å². The van der Waals surface area contributed by atoms with Crippen LogP contribution in [-0.2, 0) is 4.79 Å². The van der Waals surface area contributed by atoms with Gasteiger partial charge in [-0.3, -0.25) is 20.4 Å². The van der Waals surface area contributed by atoms with Crippen LogP contribution >= 0.6 is 0 Å². The first-order chi connectivity index (χ1) is 11.6. The predicted octanol–water partition coefficient (Wildman–Crippen LogP) is 1.28. The second-order valence-electron chi connectivity index (χ2n) is 5.70. The van der Waals surface area contributed by atoms with E-state index in [9.17, 15) is 9.59 Å². The quantitative estimate of drug-likeness (QED) is 0.342. The van der Waals surface area contributed by atoms with E-state index in [4.69, 9.17) is 5.84 Å². The molecule has 2 aromatic carbocycles. The summed E-state index contributed by atoms with van der Waals surface area (Å²) < 4.78 is 0. The molecule has 6 nitrogen and oxygen atoms in total. The Bertz CT molecular complexity index is 784. The van der Waals surface area contributed by atoms with Crippen molar-refractivity contribution in [2.45, 2.75) is 18.9 Å². The Balaban J connectivity index is 1.98. The fourth-order valence-corrected chi connectivity index (χ4v) is 2.80. The molecule has 24 heavy (non-hydrogen) atoms. The Hall–Kier alpha value is -2.99. The molecule has 2 atom stereocenters. The maximum Gasteiger partial charge on any atom is 0.259 e. The fourth-order valence-electron chi connectivity index (χ4n) is 2.80. The molecule has 6 heteroatoms. The minimum absolute atomic E-state index is 0.205. The Morgan fingerprint density at radius 3 is 2.38 bits per heavy atom. The zero-order chi connectivity index (χ0) is 17.1. The third-order valence-corrected chi connectivity index (χ3v) is 4.08. The molecule has 0 bridgehead atoms. The number of carbonyl (C=O) groups is 2. The predicted molar refractivity (Wildman–Crippen MR) is 91.4 cm³/mol. The molecular weight excluding hydrogens is 304 g/mol. The molecular formula is C18H18N4O2. The lowest BCUT2D eigenvalue weighted by atomic mass is 9.85. The van der Waals surface area contributed by atoms with Gasteiger partial charge in [0.1, 0.15) is 11.8 Å². The highest BCUT2D eigenvalue weighted by Gasteiger charge is 2.40. The van der Waals surface area contributed by atoms with Gasteiger partial charge in [-0.05, 0) is 12.5 Å². The number of rotatable bonds is 4. The molecule has 0 aromatic heterocycles. The monoisotopic (exact) mass is 322 g/mol. The number of hydrogen-bond donors (Lipinski definition) is 3. The zero-order valence-electron chi connectivity index (χ0n) is 13.2. The van der Waals surface area contributed by atoms with Crippen LogP contribution in [0.5, 0.6) is 0 Å². The molecule has 0 saturated carbocycles. The highest BCUT2D eigenvalue weighted by Crippen LogP contribution is 2.27. The number of nitrogens with zero attached hydrogens (tertiary/aromatic N) is 1. The van der Waals surface area contributed by atoms with Crippen LogP contribution in [0.2, 0.25) is 0 Å². The number of carbonyl (C=O) groups excluding carboxylic acids is 2. The van der Waals surface area contributed by atoms with Crippen LogP contribution in [0.15, 0.2) is 59.7 Å². The molecule has 0 radical (unpaired) electrons.